The van der Waals surface area contributed by atoms with E-state index in [0.29, 0.717) is 13.2 Å². The maximum absolute atomic E-state index is 11.3. The van der Waals surface area contributed by atoms with Gasteiger partial charge in [-0.15, -0.1) is 0 Å². The Morgan fingerprint density at radius 1 is 1.12 bits per heavy atom. The minimum Gasteiger partial charge on any atom is -0.493 e. The normalized spacial score (nSPS) is 17.8. The fraction of sp³-hybridized carbons (Fsp3) is 0.350. The van der Waals surface area contributed by atoms with Crippen molar-refractivity contribution in [1.29, 1.82) is 0 Å². The van der Waals surface area contributed by atoms with E-state index in [1.165, 1.54) is 5.56 Å². The van der Waals surface area contributed by atoms with Crippen molar-refractivity contribution in [3.05, 3.63) is 65.7 Å². The zero-order valence-electron chi connectivity index (χ0n) is 13.7. The van der Waals surface area contributed by atoms with Gasteiger partial charge in [-0.05, 0) is 42.6 Å². The lowest BCUT2D eigenvalue weighted by atomic mass is 10.1. The number of hydrogen-bond donors (Lipinski definition) is 1. The van der Waals surface area contributed by atoms with E-state index in [9.17, 15) is 9.90 Å². The van der Waals surface area contributed by atoms with Gasteiger partial charge in [0.15, 0.2) is 0 Å². The summed E-state index contributed by atoms with van der Waals surface area (Å²) in [5.41, 5.74) is 2.36. The van der Waals surface area contributed by atoms with E-state index >= 15 is 0 Å². The van der Waals surface area contributed by atoms with E-state index < -0.39 is 5.97 Å². The van der Waals surface area contributed by atoms with Gasteiger partial charge < -0.3 is 9.84 Å². The van der Waals surface area contributed by atoms with Crippen molar-refractivity contribution in [2.45, 2.75) is 31.8 Å². The van der Waals surface area contributed by atoms with E-state index in [4.69, 9.17) is 4.74 Å². The van der Waals surface area contributed by atoms with Crippen molar-refractivity contribution < 1.29 is 14.6 Å². The highest BCUT2D eigenvalue weighted by Gasteiger charge is 2.30. The molecule has 3 rings (SSSR count). The van der Waals surface area contributed by atoms with Crippen molar-refractivity contribution in [2.24, 2.45) is 0 Å². The van der Waals surface area contributed by atoms with Gasteiger partial charge in [0.25, 0.3) is 0 Å². The SMILES string of the molecule is O=C(O)C1CCCN1Cc1cccc(OCCc2ccccc2)c1. The van der Waals surface area contributed by atoms with Crippen LogP contribution in [0.15, 0.2) is 54.6 Å². The summed E-state index contributed by atoms with van der Waals surface area (Å²) in [6.07, 6.45) is 2.56. The van der Waals surface area contributed by atoms with Crippen LogP contribution in [0.5, 0.6) is 5.75 Å². The standard InChI is InChI=1S/C20H23NO3/c22-20(23)19-10-5-12-21(19)15-17-8-4-9-18(14-17)24-13-11-16-6-2-1-3-7-16/h1-4,6-9,14,19H,5,10-13,15H2,(H,22,23). The maximum atomic E-state index is 11.3. The molecule has 2 aromatic carbocycles. The van der Waals surface area contributed by atoms with Crippen molar-refractivity contribution in [3.8, 4) is 5.75 Å². The van der Waals surface area contributed by atoms with Gasteiger partial charge in [0, 0.05) is 13.0 Å². The highest BCUT2D eigenvalue weighted by molar-refractivity contribution is 5.73. The Morgan fingerprint density at radius 3 is 2.71 bits per heavy atom. The number of likely N-dealkylation sites (tertiary alicyclic amines) is 1. The summed E-state index contributed by atoms with van der Waals surface area (Å²) >= 11 is 0. The molecule has 1 saturated heterocycles. The lowest BCUT2D eigenvalue weighted by Crippen LogP contribution is -2.35. The van der Waals surface area contributed by atoms with E-state index in [2.05, 4.69) is 12.1 Å². The van der Waals surface area contributed by atoms with Crippen molar-refractivity contribution in [2.75, 3.05) is 13.2 Å². The predicted molar refractivity (Wildman–Crippen MR) is 93.2 cm³/mol. The molecule has 1 heterocycles. The third-order valence-corrected chi connectivity index (χ3v) is 4.44. The van der Waals surface area contributed by atoms with Crippen LogP contribution in [0.2, 0.25) is 0 Å². The van der Waals surface area contributed by atoms with Crippen LogP contribution in [0, 0.1) is 0 Å². The van der Waals surface area contributed by atoms with Gasteiger partial charge in [-0.1, -0.05) is 42.5 Å². The molecular weight excluding hydrogens is 302 g/mol. The van der Waals surface area contributed by atoms with E-state index in [0.717, 1.165) is 37.1 Å². The van der Waals surface area contributed by atoms with Crippen LogP contribution in [-0.2, 0) is 17.8 Å². The summed E-state index contributed by atoms with van der Waals surface area (Å²) in [5, 5.41) is 9.27. The smallest absolute Gasteiger partial charge is 0.320 e. The molecule has 24 heavy (non-hydrogen) atoms. The first kappa shape index (κ1) is 16.5. The topological polar surface area (TPSA) is 49.8 Å². The Morgan fingerprint density at radius 2 is 1.92 bits per heavy atom. The van der Waals surface area contributed by atoms with Crippen molar-refractivity contribution in [1.82, 2.24) is 4.90 Å². The molecule has 4 nitrogen and oxygen atoms in total. The molecule has 1 unspecified atom stereocenters. The van der Waals surface area contributed by atoms with Gasteiger partial charge >= 0.3 is 5.97 Å². The molecule has 1 aliphatic rings. The van der Waals surface area contributed by atoms with Crippen molar-refractivity contribution >= 4 is 5.97 Å². The molecule has 2 aromatic rings. The highest BCUT2D eigenvalue weighted by atomic mass is 16.5. The minimum absolute atomic E-state index is 0.354. The summed E-state index contributed by atoms with van der Waals surface area (Å²) in [5.74, 6) is 0.122. The number of ether oxygens (including phenoxy) is 1. The Labute approximate surface area is 142 Å². The van der Waals surface area contributed by atoms with Crippen LogP contribution in [0.3, 0.4) is 0 Å². The Kier molecular flexibility index (Phi) is 5.49. The third kappa shape index (κ3) is 4.36. The largest absolute Gasteiger partial charge is 0.493 e. The van der Waals surface area contributed by atoms with Gasteiger partial charge in [0.1, 0.15) is 11.8 Å². The quantitative estimate of drug-likeness (QED) is 0.848. The number of rotatable bonds is 7. The second-order valence-electron chi connectivity index (χ2n) is 6.20. The summed E-state index contributed by atoms with van der Waals surface area (Å²) < 4.78 is 5.85. The van der Waals surface area contributed by atoms with E-state index in [-0.39, 0.29) is 6.04 Å². The maximum Gasteiger partial charge on any atom is 0.320 e. The van der Waals surface area contributed by atoms with E-state index in [1.807, 2.05) is 47.4 Å². The molecule has 4 heteroatoms. The van der Waals surface area contributed by atoms with Crippen LogP contribution >= 0.6 is 0 Å². The molecule has 0 aliphatic carbocycles. The van der Waals surface area contributed by atoms with Gasteiger partial charge in [-0.2, -0.15) is 0 Å². The number of carbonyl (C=O) groups is 1. The van der Waals surface area contributed by atoms with Crippen LogP contribution in [0.4, 0.5) is 0 Å². The number of carboxylic acids is 1. The first-order valence-corrected chi connectivity index (χ1v) is 8.45. The Balaban J connectivity index is 1.55. The average Bonchev–Trinajstić information content (AvgIpc) is 3.05. The van der Waals surface area contributed by atoms with Gasteiger partial charge in [-0.3, -0.25) is 9.69 Å². The molecule has 126 valence electrons. The van der Waals surface area contributed by atoms with Crippen molar-refractivity contribution in [3.63, 3.8) is 0 Å². The van der Waals surface area contributed by atoms with E-state index in [1.54, 1.807) is 0 Å². The first-order chi connectivity index (χ1) is 11.7. The zero-order valence-corrected chi connectivity index (χ0v) is 13.7. The summed E-state index contributed by atoms with van der Waals surface area (Å²) in [4.78, 5) is 13.3. The fourth-order valence-electron chi connectivity index (χ4n) is 3.19. The zero-order chi connectivity index (χ0) is 16.8. The van der Waals surface area contributed by atoms with Gasteiger partial charge in [-0.25, -0.2) is 0 Å². The predicted octanol–water partition coefficient (Wildman–Crippen LogP) is 3.36. The summed E-state index contributed by atoms with van der Waals surface area (Å²) in [6.45, 7) is 2.14. The molecule has 1 N–H and O–H groups in total. The van der Waals surface area contributed by atoms with Crippen LogP contribution < -0.4 is 4.74 Å². The Hall–Kier alpha value is -2.33. The van der Waals surface area contributed by atoms with Crippen LogP contribution in [-0.4, -0.2) is 35.2 Å². The Bertz CT molecular complexity index is 672. The number of carboxylic acid groups (broad SMARTS) is 1. The number of aliphatic carboxylic acids is 1. The molecule has 0 aromatic heterocycles. The molecule has 0 spiro atoms. The minimum atomic E-state index is -0.720. The number of nitrogens with zero attached hydrogens (tertiary/aromatic N) is 1. The second-order valence-corrected chi connectivity index (χ2v) is 6.20. The fourth-order valence-corrected chi connectivity index (χ4v) is 3.19. The lowest BCUT2D eigenvalue weighted by molar-refractivity contribution is -0.142. The highest BCUT2D eigenvalue weighted by Crippen LogP contribution is 2.22. The molecule has 0 radical (unpaired) electrons. The molecule has 0 bridgehead atoms. The molecular formula is C20H23NO3. The number of hydrogen-bond acceptors (Lipinski definition) is 3. The first-order valence-electron chi connectivity index (χ1n) is 8.45. The summed E-state index contributed by atoms with van der Waals surface area (Å²) in [6, 6.07) is 17.9. The van der Waals surface area contributed by atoms with Crippen LogP contribution in [0.1, 0.15) is 24.0 Å². The average molecular weight is 325 g/mol. The second kappa shape index (κ2) is 7.97. The molecule has 1 aliphatic heterocycles. The number of benzene rings is 2. The molecule has 1 fully saturated rings. The monoisotopic (exact) mass is 325 g/mol. The van der Waals surface area contributed by atoms with Crippen LogP contribution in [0.25, 0.3) is 0 Å². The third-order valence-electron chi connectivity index (χ3n) is 4.44. The molecule has 1 atom stereocenters. The molecule has 0 amide bonds. The van der Waals surface area contributed by atoms with Gasteiger partial charge in [0.05, 0.1) is 6.61 Å². The summed E-state index contributed by atoms with van der Waals surface area (Å²) in [7, 11) is 0. The van der Waals surface area contributed by atoms with Gasteiger partial charge in [0.2, 0.25) is 0 Å². The lowest BCUT2D eigenvalue weighted by Gasteiger charge is -2.21. The molecule has 0 saturated carbocycles.